The van der Waals surface area contributed by atoms with E-state index >= 15 is 0 Å². The van der Waals surface area contributed by atoms with Gasteiger partial charge in [0.2, 0.25) is 11.8 Å². The van der Waals surface area contributed by atoms with Crippen LogP contribution in [-0.2, 0) is 9.59 Å². The molecule has 5 heteroatoms. The van der Waals surface area contributed by atoms with E-state index in [4.69, 9.17) is 5.26 Å². The van der Waals surface area contributed by atoms with Crippen molar-refractivity contribution in [3.63, 3.8) is 0 Å². The molecule has 2 N–H and O–H groups in total. The summed E-state index contributed by atoms with van der Waals surface area (Å²) in [4.78, 5) is 22.9. The Balaban J connectivity index is 2.59. The average Bonchev–Trinajstić information content (AvgIpc) is 2.38. The molecule has 0 saturated heterocycles. The lowest BCUT2D eigenvalue weighted by molar-refractivity contribution is -0.115. The average molecular weight is 285 g/mol. The molecule has 21 heavy (non-hydrogen) atoms. The van der Waals surface area contributed by atoms with Gasteiger partial charge in [-0.2, -0.15) is 5.26 Å². The number of carbonyl (C=O) groups is 2. The predicted molar refractivity (Wildman–Crippen MR) is 82.5 cm³/mol. The van der Waals surface area contributed by atoms with Crippen molar-refractivity contribution < 1.29 is 9.59 Å². The standard InChI is InChI=1S/C16H19N3O2/c1-16(2,3)10-8-14(20)18-12-4-6-13(7-5-12)19-15(21)9-11-17/h4-8,10H,9H2,1-3H3,(H,18,20)(H,19,21)/b10-8+. The van der Waals surface area contributed by atoms with Gasteiger partial charge in [-0.25, -0.2) is 0 Å². The Hall–Kier alpha value is -2.61. The van der Waals surface area contributed by atoms with Gasteiger partial charge in [0.1, 0.15) is 6.42 Å². The Morgan fingerprint density at radius 3 is 2.14 bits per heavy atom. The first-order chi connectivity index (χ1) is 9.80. The lowest BCUT2D eigenvalue weighted by atomic mass is 9.96. The van der Waals surface area contributed by atoms with Crippen molar-refractivity contribution in [2.75, 3.05) is 10.6 Å². The summed E-state index contributed by atoms with van der Waals surface area (Å²) in [5.74, 6) is -0.561. The molecule has 110 valence electrons. The van der Waals surface area contributed by atoms with Crippen LogP contribution in [0, 0.1) is 16.7 Å². The maximum atomic E-state index is 11.7. The molecule has 0 unspecified atom stereocenters. The number of nitriles is 1. The van der Waals surface area contributed by atoms with Crippen LogP contribution in [0.15, 0.2) is 36.4 Å². The number of anilines is 2. The smallest absolute Gasteiger partial charge is 0.248 e. The van der Waals surface area contributed by atoms with E-state index in [0.717, 1.165) is 0 Å². The van der Waals surface area contributed by atoms with Crippen LogP contribution in [0.3, 0.4) is 0 Å². The second-order valence-electron chi connectivity index (χ2n) is 5.65. The molecular formula is C16H19N3O2. The quantitative estimate of drug-likeness (QED) is 0.834. The van der Waals surface area contributed by atoms with Crippen LogP contribution in [0.1, 0.15) is 27.2 Å². The van der Waals surface area contributed by atoms with E-state index in [1.807, 2.05) is 26.8 Å². The molecule has 0 aliphatic heterocycles. The maximum absolute atomic E-state index is 11.7. The number of nitrogens with one attached hydrogen (secondary N) is 2. The van der Waals surface area contributed by atoms with Crippen LogP contribution < -0.4 is 10.6 Å². The highest BCUT2D eigenvalue weighted by Crippen LogP contribution is 2.16. The Morgan fingerprint density at radius 1 is 1.14 bits per heavy atom. The number of rotatable bonds is 4. The third-order valence-corrected chi connectivity index (χ3v) is 2.41. The first kappa shape index (κ1) is 16.4. The molecule has 1 aromatic rings. The molecule has 5 nitrogen and oxygen atoms in total. The minimum absolute atomic E-state index is 0.0494. The Kier molecular flexibility index (Phi) is 5.67. The molecule has 0 fully saturated rings. The highest BCUT2D eigenvalue weighted by molar-refractivity contribution is 5.99. The molecule has 0 aliphatic rings. The van der Waals surface area contributed by atoms with Crippen LogP contribution in [0.2, 0.25) is 0 Å². The summed E-state index contributed by atoms with van der Waals surface area (Å²) < 4.78 is 0. The molecule has 0 radical (unpaired) electrons. The normalized spacial score (nSPS) is 11.0. The SMILES string of the molecule is CC(C)(C)/C=C/C(=O)Nc1ccc(NC(=O)CC#N)cc1. The van der Waals surface area contributed by atoms with E-state index in [2.05, 4.69) is 10.6 Å². The number of allylic oxidation sites excluding steroid dienone is 1. The third kappa shape index (κ3) is 6.92. The van der Waals surface area contributed by atoms with Gasteiger partial charge >= 0.3 is 0 Å². The Morgan fingerprint density at radius 2 is 1.67 bits per heavy atom. The molecule has 1 rings (SSSR count). The molecule has 0 saturated carbocycles. The van der Waals surface area contributed by atoms with E-state index < -0.39 is 0 Å². The van der Waals surface area contributed by atoms with E-state index in [9.17, 15) is 9.59 Å². The molecular weight excluding hydrogens is 266 g/mol. The van der Waals surface area contributed by atoms with Gasteiger partial charge in [-0.3, -0.25) is 9.59 Å². The molecule has 0 bridgehead atoms. The first-order valence-electron chi connectivity index (χ1n) is 6.57. The van der Waals surface area contributed by atoms with Crippen molar-refractivity contribution in [2.24, 2.45) is 5.41 Å². The second-order valence-corrected chi connectivity index (χ2v) is 5.65. The topological polar surface area (TPSA) is 82.0 Å². The van der Waals surface area contributed by atoms with E-state index in [-0.39, 0.29) is 23.7 Å². The van der Waals surface area contributed by atoms with Crippen LogP contribution in [0.25, 0.3) is 0 Å². The number of benzene rings is 1. The molecule has 0 heterocycles. The highest BCUT2D eigenvalue weighted by atomic mass is 16.2. The molecule has 2 amide bonds. The zero-order valence-corrected chi connectivity index (χ0v) is 12.4. The highest BCUT2D eigenvalue weighted by Gasteiger charge is 2.06. The molecule has 1 aromatic carbocycles. The van der Waals surface area contributed by atoms with Crippen molar-refractivity contribution in [2.45, 2.75) is 27.2 Å². The number of nitrogens with zero attached hydrogens (tertiary/aromatic N) is 1. The number of amides is 2. The van der Waals surface area contributed by atoms with Crippen LogP contribution in [0.5, 0.6) is 0 Å². The lowest BCUT2D eigenvalue weighted by Gasteiger charge is -2.11. The van der Waals surface area contributed by atoms with E-state index in [1.54, 1.807) is 30.3 Å². The van der Waals surface area contributed by atoms with Crippen LogP contribution >= 0.6 is 0 Å². The van der Waals surface area contributed by atoms with Gasteiger partial charge in [-0.1, -0.05) is 26.8 Å². The molecule has 0 atom stereocenters. The van der Waals surface area contributed by atoms with Crippen molar-refractivity contribution in [1.82, 2.24) is 0 Å². The summed E-state index contributed by atoms with van der Waals surface area (Å²) >= 11 is 0. The van der Waals surface area contributed by atoms with Gasteiger partial charge in [-0.15, -0.1) is 0 Å². The second kappa shape index (κ2) is 7.25. The summed E-state index contributed by atoms with van der Waals surface area (Å²) in [6, 6.07) is 8.48. The van der Waals surface area contributed by atoms with Crippen LogP contribution in [0.4, 0.5) is 11.4 Å². The summed E-state index contributed by atoms with van der Waals surface area (Å²) in [5.41, 5.74) is 1.17. The van der Waals surface area contributed by atoms with Crippen molar-refractivity contribution in [3.8, 4) is 6.07 Å². The summed E-state index contributed by atoms with van der Waals surface area (Å²) in [6.07, 6.45) is 3.15. The lowest BCUT2D eigenvalue weighted by Crippen LogP contribution is -2.11. The third-order valence-electron chi connectivity index (χ3n) is 2.41. The van der Waals surface area contributed by atoms with Gasteiger partial charge in [0.15, 0.2) is 0 Å². The van der Waals surface area contributed by atoms with Crippen molar-refractivity contribution in [3.05, 3.63) is 36.4 Å². The molecule has 0 aromatic heterocycles. The largest absolute Gasteiger partial charge is 0.325 e. The number of hydrogen-bond acceptors (Lipinski definition) is 3. The Bertz CT molecular complexity index is 575. The first-order valence-corrected chi connectivity index (χ1v) is 6.57. The number of carbonyl (C=O) groups excluding carboxylic acids is 2. The zero-order valence-electron chi connectivity index (χ0n) is 12.4. The number of hydrogen-bond donors (Lipinski definition) is 2. The van der Waals surface area contributed by atoms with Gasteiger partial charge < -0.3 is 10.6 Å². The van der Waals surface area contributed by atoms with Gasteiger partial charge in [0, 0.05) is 11.4 Å². The zero-order chi connectivity index (χ0) is 15.9. The molecule has 0 aliphatic carbocycles. The fourth-order valence-corrected chi connectivity index (χ4v) is 1.42. The van der Waals surface area contributed by atoms with Crippen molar-refractivity contribution >= 4 is 23.2 Å². The summed E-state index contributed by atoms with van der Waals surface area (Å²) in [5, 5.41) is 13.7. The van der Waals surface area contributed by atoms with Gasteiger partial charge in [0.25, 0.3) is 0 Å². The summed E-state index contributed by atoms with van der Waals surface area (Å²) in [7, 11) is 0. The minimum atomic E-state index is -0.359. The maximum Gasteiger partial charge on any atom is 0.248 e. The monoisotopic (exact) mass is 285 g/mol. The minimum Gasteiger partial charge on any atom is -0.325 e. The summed E-state index contributed by atoms with van der Waals surface area (Å²) in [6.45, 7) is 6.03. The predicted octanol–water partition coefficient (Wildman–Crippen LogP) is 3.08. The van der Waals surface area contributed by atoms with E-state index in [1.165, 1.54) is 6.08 Å². The fraction of sp³-hybridized carbons (Fsp3) is 0.312. The molecule has 0 spiro atoms. The van der Waals surface area contributed by atoms with Gasteiger partial charge in [-0.05, 0) is 35.8 Å². The van der Waals surface area contributed by atoms with Gasteiger partial charge in [0.05, 0.1) is 6.07 Å². The Labute approximate surface area is 124 Å². The fourth-order valence-electron chi connectivity index (χ4n) is 1.42. The van der Waals surface area contributed by atoms with Crippen LogP contribution in [-0.4, -0.2) is 11.8 Å². The van der Waals surface area contributed by atoms with E-state index in [0.29, 0.717) is 11.4 Å². The van der Waals surface area contributed by atoms with Crippen molar-refractivity contribution in [1.29, 1.82) is 5.26 Å².